The van der Waals surface area contributed by atoms with Crippen molar-refractivity contribution in [2.24, 2.45) is 5.41 Å². The van der Waals surface area contributed by atoms with Crippen molar-refractivity contribution >= 4 is 24.2 Å². The van der Waals surface area contributed by atoms with E-state index < -0.39 is 0 Å². The molecule has 0 aromatic carbocycles. The minimum Gasteiger partial charge on any atom is -0.268 e. The molecule has 0 aliphatic rings. The fourth-order valence-electron chi connectivity index (χ4n) is 2.45. The van der Waals surface area contributed by atoms with Crippen LogP contribution >= 0.6 is 24.2 Å². The smallest absolute Gasteiger partial charge is 0.0814 e. The van der Waals surface area contributed by atoms with E-state index in [0.29, 0.717) is 0 Å². The van der Waals surface area contributed by atoms with Crippen molar-refractivity contribution < 1.29 is 0 Å². The quantitative estimate of drug-likeness (QED) is 0.732. The summed E-state index contributed by atoms with van der Waals surface area (Å²) in [5.74, 6) is 0.908. The molecular formula is C13H23ClN2S. The molecule has 0 amide bonds. The Labute approximate surface area is 115 Å². The second-order valence-corrected chi connectivity index (χ2v) is 5.62. The Morgan fingerprint density at radius 2 is 1.94 bits per heavy atom. The van der Waals surface area contributed by atoms with Crippen molar-refractivity contribution in [2.45, 2.75) is 53.0 Å². The van der Waals surface area contributed by atoms with Crippen LogP contribution in [-0.2, 0) is 6.54 Å². The largest absolute Gasteiger partial charge is 0.268 e. The molecule has 0 unspecified atom stereocenters. The van der Waals surface area contributed by atoms with Crippen LogP contribution in [0.4, 0.5) is 0 Å². The first-order chi connectivity index (χ1) is 8.08. The monoisotopic (exact) mass is 274 g/mol. The Kier molecular flexibility index (Phi) is 5.87. The number of hydrogen-bond donors (Lipinski definition) is 1. The molecule has 1 heterocycles. The van der Waals surface area contributed by atoms with Crippen LogP contribution in [0.5, 0.6) is 0 Å². The second-order valence-electron chi connectivity index (χ2n) is 4.89. The van der Waals surface area contributed by atoms with Crippen LogP contribution < -0.4 is 0 Å². The minimum atomic E-state index is 0.257. The Morgan fingerprint density at radius 3 is 2.29 bits per heavy atom. The maximum Gasteiger partial charge on any atom is 0.0814 e. The summed E-state index contributed by atoms with van der Waals surface area (Å²) >= 11 is 10.6. The van der Waals surface area contributed by atoms with Crippen molar-refractivity contribution in [3.63, 3.8) is 0 Å². The summed E-state index contributed by atoms with van der Waals surface area (Å²) < 4.78 is 2.03. The summed E-state index contributed by atoms with van der Waals surface area (Å²) in [7, 11) is 0. The molecule has 17 heavy (non-hydrogen) atoms. The number of halogens is 1. The van der Waals surface area contributed by atoms with Gasteiger partial charge in [0.25, 0.3) is 0 Å². The van der Waals surface area contributed by atoms with Gasteiger partial charge in [0.05, 0.1) is 16.9 Å². The van der Waals surface area contributed by atoms with E-state index in [4.69, 9.17) is 11.6 Å². The van der Waals surface area contributed by atoms with Gasteiger partial charge in [0.2, 0.25) is 0 Å². The fraction of sp³-hybridized carbons (Fsp3) is 0.769. The van der Waals surface area contributed by atoms with E-state index in [1.807, 2.05) is 11.6 Å². The molecule has 1 aromatic rings. The van der Waals surface area contributed by atoms with E-state index in [9.17, 15) is 0 Å². The van der Waals surface area contributed by atoms with Gasteiger partial charge >= 0.3 is 0 Å². The third-order valence-corrected chi connectivity index (χ3v) is 4.47. The van der Waals surface area contributed by atoms with E-state index in [1.54, 1.807) is 6.20 Å². The van der Waals surface area contributed by atoms with Gasteiger partial charge in [-0.25, -0.2) is 0 Å². The maximum absolute atomic E-state index is 6.05. The lowest BCUT2D eigenvalue weighted by Gasteiger charge is -2.32. The van der Waals surface area contributed by atoms with Crippen molar-refractivity contribution in [3.05, 3.63) is 16.9 Å². The van der Waals surface area contributed by atoms with Crippen LogP contribution in [0.1, 0.15) is 45.2 Å². The van der Waals surface area contributed by atoms with Crippen molar-refractivity contribution in [1.29, 1.82) is 0 Å². The third kappa shape index (κ3) is 3.65. The van der Waals surface area contributed by atoms with Gasteiger partial charge < -0.3 is 0 Å². The summed E-state index contributed by atoms with van der Waals surface area (Å²) in [6.07, 6.45) is 6.50. The Morgan fingerprint density at radius 1 is 1.35 bits per heavy atom. The molecule has 0 aliphatic carbocycles. The summed E-state index contributed by atoms with van der Waals surface area (Å²) in [6, 6.07) is 0. The molecule has 0 spiro atoms. The zero-order valence-electron chi connectivity index (χ0n) is 11.0. The molecule has 98 valence electrons. The molecule has 0 N–H and O–H groups in total. The molecule has 0 atom stereocenters. The first-order valence-electron chi connectivity index (χ1n) is 6.37. The van der Waals surface area contributed by atoms with Crippen molar-refractivity contribution in [3.8, 4) is 0 Å². The van der Waals surface area contributed by atoms with Crippen molar-refractivity contribution in [1.82, 2.24) is 9.78 Å². The first kappa shape index (κ1) is 14.9. The van der Waals surface area contributed by atoms with E-state index in [0.717, 1.165) is 23.0 Å². The molecule has 1 rings (SSSR count). The van der Waals surface area contributed by atoms with Crippen LogP contribution in [0, 0.1) is 12.3 Å². The molecule has 4 heteroatoms. The number of hydrogen-bond acceptors (Lipinski definition) is 2. The lowest BCUT2D eigenvalue weighted by molar-refractivity contribution is 0.220. The summed E-state index contributed by atoms with van der Waals surface area (Å²) in [6.45, 7) is 7.42. The van der Waals surface area contributed by atoms with Crippen LogP contribution in [0.2, 0.25) is 5.02 Å². The van der Waals surface area contributed by atoms with Crippen LogP contribution in [0.25, 0.3) is 0 Å². The minimum absolute atomic E-state index is 0.257. The fourth-order valence-corrected chi connectivity index (χ4v) is 3.01. The highest BCUT2D eigenvalue weighted by Gasteiger charge is 2.28. The number of nitrogens with zero attached hydrogens (tertiary/aromatic N) is 2. The average molecular weight is 275 g/mol. The highest BCUT2D eigenvalue weighted by Crippen LogP contribution is 2.34. The third-order valence-electron chi connectivity index (χ3n) is 3.42. The highest BCUT2D eigenvalue weighted by atomic mass is 35.5. The van der Waals surface area contributed by atoms with Crippen LogP contribution in [0.15, 0.2) is 6.20 Å². The first-order valence-corrected chi connectivity index (χ1v) is 7.38. The molecule has 1 aromatic heterocycles. The van der Waals surface area contributed by atoms with Gasteiger partial charge in [-0.15, -0.1) is 0 Å². The highest BCUT2D eigenvalue weighted by molar-refractivity contribution is 7.80. The van der Waals surface area contributed by atoms with Gasteiger partial charge in [0.1, 0.15) is 0 Å². The predicted molar refractivity (Wildman–Crippen MR) is 78.1 cm³/mol. The molecular weight excluding hydrogens is 252 g/mol. The Bertz CT molecular complexity index is 343. The molecule has 0 saturated carbocycles. The SMILES string of the molecule is CCCC(CS)(CCC)Cn1ncc(Cl)c1C. The van der Waals surface area contributed by atoms with Crippen molar-refractivity contribution in [2.75, 3.05) is 5.75 Å². The zero-order valence-corrected chi connectivity index (χ0v) is 12.7. The summed E-state index contributed by atoms with van der Waals surface area (Å²) in [4.78, 5) is 0. The normalized spacial score (nSPS) is 12.1. The maximum atomic E-state index is 6.05. The topological polar surface area (TPSA) is 17.8 Å². The molecule has 0 saturated heterocycles. The van der Waals surface area contributed by atoms with Gasteiger partial charge in [0.15, 0.2) is 0 Å². The molecule has 0 radical (unpaired) electrons. The van der Waals surface area contributed by atoms with E-state index >= 15 is 0 Å². The van der Waals surface area contributed by atoms with Crippen LogP contribution in [0.3, 0.4) is 0 Å². The van der Waals surface area contributed by atoms with Gasteiger partial charge in [-0.1, -0.05) is 38.3 Å². The second kappa shape index (κ2) is 6.69. The lowest BCUT2D eigenvalue weighted by atomic mass is 9.81. The van der Waals surface area contributed by atoms with Gasteiger partial charge in [-0.05, 0) is 30.9 Å². The molecule has 0 fully saturated rings. The molecule has 0 aliphatic heterocycles. The Hall–Kier alpha value is -0.150. The van der Waals surface area contributed by atoms with E-state index in [2.05, 4.69) is 31.6 Å². The zero-order chi connectivity index (χ0) is 12.9. The average Bonchev–Trinajstić information content (AvgIpc) is 2.61. The van der Waals surface area contributed by atoms with Crippen LogP contribution in [-0.4, -0.2) is 15.5 Å². The number of rotatable bonds is 7. The lowest BCUT2D eigenvalue weighted by Crippen LogP contribution is -2.30. The standard InChI is InChI=1S/C13H23ClN2S/c1-4-6-13(10-17,7-5-2)9-16-11(3)12(14)8-15-16/h8,17H,4-7,9-10H2,1-3H3. The Balaban J connectivity index is 2.88. The van der Waals surface area contributed by atoms with E-state index in [1.165, 1.54) is 25.7 Å². The van der Waals surface area contributed by atoms with Gasteiger partial charge in [-0.3, -0.25) is 4.68 Å². The number of thiol groups is 1. The van der Waals surface area contributed by atoms with Gasteiger partial charge in [0, 0.05) is 6.54 Å². The summed E-state index contributed by atoms with van der Waals surface area (Å²) in [5.41, 5.74) is 1.32. The number of aromatic nitrogens is 2. The van der Waals surface area contributed by atoms with E-state index in [-0.39, 0.29) is 5.41 Å². The predicted octanol–water partition coefficient (Wildman–Crippen LogP) is 4.36. The molecule has 2 nitrogen and oxygen atoms in total. The summed E-state index contributed by atoms with van der Waals surface area (Å²) in [5, 5.41) is 5.12. The van der Waals surface area contributed by atoms with Gasteiger partial charge in [-0.2, -0.15) is 17.7 Å². The molecule has 0 bridgehead atoms.